The van der Waals surface area contributed by atoms with Gasteiger partial charge in [0.1, 0.15) is 11.5 Å². The molecule has 0 aliphatic carbocycles. The third-order valence-corrected chi connectivity index (χ3v) is 2.36. The zero-order valence-corrected chi connectivity index (χ0v) is 10.1. The second-order valence-electron chi connectivity index (χ2n) is 3.52. The summed E-state index contributed by atoms with van der Waals surface area (Å²) in [7, 11) is 0. The van der Waals surface area contributed by atoms with Crippen LogP contribution >= 0.6 is 11.6 Å². The number of hydrogen-bond donors (Lipinski definition) is 1. The number of aryl methyl sites for hydroxylation is 2. The summed E-state index contributed by atoms with van der Waals surface area (Å²) >= 11 is 5.59. The largest absolute Gasteiger partial charge is 0.466 e. The van der Waals surface area contributed by atoms with Gasteiger partial charge in [-0.15, -0.1) is 10.2 Å². The van der Waals surface area contributed by atoms with E-state index < -0.39 is 0 Å². The molecule has 0 aliphatic rings. The maximum absolute atomic E-state index is 11.9. The lowest BCUT2D eigenvalue weighted by atomic mass is 10.2. The van der Waals surface area contributed by atoms with Gasteiger partial charge in [-0.05, 0) is 32.0 Å². The topological polar surface area (TPSA) is 68.0 Å². The second-order valence-corrected chi connectivity index (χ2v) is 3.91. The van der Waals surface area contributed by atoms with E-state index in [9.17, 15) is 4.79 Å². The van der Waals surface area contributed by atoms with Crippen LogP contribution in [0.5, 0.6) is 0 Å². The summed E-state index contributed by atoms with van der Waals surface area (Å²) in [4.78, 5) is 11.9. The molecule has 2 rings (SSSR count). The van der Waals surface area contributed by atoms with Crippen molar-refractivity contribution < 1.29 is 9.21 Å². The van der Waals surface area contributed by atoms with E-state index in [-0.39, 0.29) is 11.1 Å². The van der Waals surface area contributed by atoms with Gasteiger partial charge in [0.2, 0.25) is 0 Å². The van der Waals surface area contributed by atoms with Gasteiger partial charge < -0.3 is 9.73 Å². The smallest absolute Gasteiger partial charge is 0.260 e. The quantitative estimate of drug-likeness (QED) is 0.891. The Balaban J connectivity index is 2.17. The normalized spacial score (nSPS) is 10.3. The van der Waals surface area contributed by atoms with Gasteiger partial charge in [0, 0.05) is 0 Å². The fourth-order valence-electron chi connectivity index (χ4n) is 1.42. The highest BCUT2D eigenvalue weighted by molar-refractivity contribution is 6.29. The van der Waals surface area contributed by atoms with Crippen molar-refractivity contribution in [2.45, 2.75) is 13.8 Å². The lowest BCUT2D eigenvalue weighted by Crippen LogP contribution is -2.13. The molecule has 0 radical (unpaired) electrons. The van der Waals surface area contributed by atoms with Gasteiger partial charge in [-0.25, -0.2) is 0 Å². The van der Waals surface area contributed by atoms with Crippen molar-refractivity contribution in [3.05, 3.63) is 40.4 Å². The van der Waals surface area contributed by atoms with Crippen molar-refractivity contribution in [1.82, 2.24) is 10.2 Å². The molecule has 88 valence electrons. The Morgan fingerprint density at radius 2 is 2.12 bits per heavy atom. The fourth-order valence-corrected chi connectivity index (χ4v) is 1.52. The van der Waals surface area contributed by atoms with Gasteiger partial charge >= 0.3 is 0 Å². The van der Waals surface area contributed by atoms with Crippen LogP contribution in [-0.2, 0) is 0 Å². The van der Waals surface area contributed by atoms with E-state index in [2.05, 4.69) is 15.5 Å². The van der Waals surface area contributed by atoms with Crippen LogP contribution in [0.4, 0.5) is 5.82 Å². The molecule has 0 unspecified atom stereocenters. The number of halogens is 1. The highest BCUT2D eigenvalue weighted by Gasteiger charge is 2.14. The summed E-state index contributed by atoms with van der Waals surface area (Å²) < 4.78 is 5.27. The van der Waals surface area contributed by atoms with Crippen molar-refractivity contribution >= 4 is 23.3 Å². The molecule has 1 amide bonds. The number of furan rings is 1. The zero-order chi connectivity index (χ0) is 12.4. The molecule has 0 spiro atoms. The Morgan fingerprint density at radius 3 is 2.65 bits per heavy atom. The number of rotatable bonds is 2. The third-order valence-electron chi connectivity index (χ3n) is 2.16. The molecule has 6 heteroatoms. The Morgan fingerprint density at radius 1 is 1.35 bits per heavy atom. The Kier molecular flexibility index (Phi) is 3.10. The van der Waals surface area contributed by atoms with Gasteiger partial charge in [-0.2, -0.15) is 0 Å². The van der Waals surface area contributed by atoms with Gasteiger partial charge in [0.05, 0.1) is 5.56 Å². The molecule has 2 heterocycles. The summed E-state index contributed by atoms with van der Waals surface area (Å²) in [6.45, 7) is 3.52. The molecule has 17 heavy (non-hydrogen) atoms. The van der Waals surface area contributed by atoms with Crippen LogP contribution < -0.4 is 5.32 Å². The minimum atomic E-state index is -0.282. The monoisotopic (exact) mass is 251 g/mol. The average Bonchev–Trinajstić information content (AvgIpc) is 2.61. The standard InChI is InChI=1S/C11H10ClN3O2/c1-6-5-8(7(2)17-6)11(16)13-10-4-3-9(12)14-15-10/h3-5H,1-2H3,(H,13,15,16). The summed E-state index contributed by atoms with van der Waals surface area (Å²) in [6.07, 6.45) is 0. The predicted molar refractivity (Wildman–Crippen MR) is 63.2 cm³/mol. The van der Waals surface area contributed by atoms with Crippen LogP contribution in [0.2, 0.25) is 5.15 Å². The number of nitrogens with one attached hydrogen (secondary N) is 1. The molecule has 0 saturated heterocycles. The molecule has 2 aromatic heterocycles. The first-order valence-electron chi connectivity index (χ1n) is 4.94. The van der Waals surface area contributed by atoms with E-state index in [1.165, 1.54) is 0 Å². The lowest BCUT2D eigenvalue weighted by molar-refractivity contribution is 0.102. The Bertz CT molecular complexity index is 548. The number of carbonyl (C=O) groups excluding carboxylic acids is 1. The molecule has 0 bridgehead atoms. The molecule has 0 fully saturated rings. The first kappa shape index (κ1) is 11.6. The zero-order valence-electron chi connectivity index (χ0n) is 9.32. The van der Waals surface area contributed by atoms with Crippen LogP contribution in [0.1, 0.15) is 21.9 Å². The summed E-state index contributed by atoms with van der Waals surface area (Å²) in [6, 6.07) is 4.81. The first-order chi connectivity index (χ1) is 8.06. The van der Waals surface area contributed by atoms with Crippen LogP contribution in [0.15, 0.2) is 22.6 Å². The molecule has 1 N–H and O–H groups in total. The van der Waals surface area contributed by atoms with Crippen molar-refractivity contribution in [2.24, 2.45) is 0 Å². The summed E-state index contributed by atoms with van der Waals surface area (Å²) in [5.74, 6) is 1.32. The molecule has 0 aliphatic heterocycles. The number of aromatic nitrogens is 2. The molecule has 2 aromatic rings. The Hall–Kier alpha value is -1.88. The van der Waals surface area contributed by atoms with Crippen molar-refractivity contribution in [1.29, 1.82) is 0 Å². The van der Waals surface area contributed by atoms with Gasteiger partial charge in [0.25, 0.3) is 5.91 Å². The van der Waals surface area contributed by atoms with E-state index >= 15 is 0 Å². The fraction of sp³-hybridized carbons (Fsp3) is 0.182. The maximum atomic E-state index is 11.9. The number of hydrogen-bond acceptors (Lipinski definition) is 4. The van der Waals surface area contributed by atoms with E-state index in [0.717, 1.165) is 0 Å². The number of amides is 1. The molecule has 0 saturated carbocycles. The van der Waals surface area contributed by atoms with Gasteiger partial charge in [-0.1, -0.05) is 11.6 Å². The van der Waals surface area contributed by atoms with Crippen LogP contribution in [-0.4, -0.2) is 16.1 Å². The minimum absolute atomic E-state index is 0.276. The minimum Gasteiger partial charge on any atom is -0.466 e. The van der Waals surface area contributed by atoms with Crippen molar-refractivity contribution in [2.75, 3.05) is 5.32 Å². The SMILES string of the molecule is Cc1cc(C(=O)Nc2ccc(Cl)nn2)c(C)o1. The molecular weight excluding hydrogens is 242 g/mol. The predicted octanol–water partition coefficient (Wildman–Crippen LogP) is 2.59. The highest BCUT2D eigenvalue weighted by atomic mass is 35.5. The summed E-state index contributed by atoms with van der Waals surface area (Å²) in [5, 5.41) is 10.3. The number of nitrogens with zero attached hydrogens (tertiary/aromatic N) is 2. The number of anilines is 1. The molecule has 5 nitrogen and oxygen atoms in total. The maximum Gasteiger partial charge on any atom is 0.260 e. The van der Waals surface area contributed by atoms with Crippen molar-refractivity contribution in [3.63, 3.8) is 0 Å². The van der Waals surface area contributed by atoms with Gasteiger partial charge in [-0.3, -0.25) is 4.79 Å². The molecule has 0 atom stereocenters. The van der Waals surface area contributed by atoms with Crippen LogP contribution in [0.3, 0.4) is 0 Å². The first-order valence-corrected chi connectivity index (χ1v) is 5.31. The van der Waals surface area contributed by atoms with Gasteiger partial charge in [0.15, 0.2) is 11.0 Å². The second kappa shape index (κ2) is 4.55. The highest BCUT2D eigenvalue weighted by Crippen LogP contribution is 2.15. The van der Waals surface area contributed by atoms with E-state index in [1.807, 2.05) is 0 Å². The lowest BCUT2D eigenvalue weighted by Gasteiger charge is -2.01. The van der Waals surface area contributed by atoms with E-state index in [4.69, 9.17) is 16.0 Å². The average molecular weight is 252 g/mol. The third kappa shape index (κ3) is 2.62. The molecular formula is C11H10ClN3O2. The molecule has 0 aromatic carbocycles. The number of carbonyl (C=O) groups is 1. The van der Waals surface area contributed by atoms with Crippen LogP contribution in [0, 0.1) is 13.8 Å². The van der Waals surface area contributed by atoms with E-state index in [0.29, 0.717) is 22.9 Å². The summed E-state index contributed by atoms with van der Waals surface area (Å²) in [5.41, 5.74) is 0.485. The van der Waals surface area contributed by atoms with Crippen molar-refractivity contribution in [3.8, 4) is 0 Å². The van der Waals surface area contributed by atoms with E-state index in [1.54, 1.807) is 32.0 Å². The Labute approximate surface area is 103 Å². The van der Waals surface area contributed by atoms with Crippen LogP contribution in [0.25, 0.3) is 0 Å².